The van der Waals surface area contributed by atoms with Gasteiger partial charge in [-0.2, -0.15) is 0 Å². The number of primary amides is 1. The molecule has 0 aromatic heterocycles. The van der Waals surface area contributed by atoms with Crippen LogP contribution in [0.5, 0.6) is 5.75 Å². The van der Waals surface area contributed by atoms with E-state index < -0.39 is 5.91 Å². The fraction of sp³-hybridized carbons (Fsp3) is 0.278. The summed E-state index contributed by atoms with van der Waals surface area (Å²) in [6.07, 6.45) is -0.0503. The van der Waals surface area contributed by atoms with E-state index in [0.29, 0.717) is 11.5 Å². The molecule has 0 aliphatic carbocycles. The van der Waals surface area contributed by atoms with E-state index in [-0.39, 0.29) is 6.10 Å². The fourth-order valence-corrected chi connectivity index (χ4v) is 2.12. The van der Waals surface area contributed by atoms with Gasteiger partial charge in [0.2, 0.25) is 5.91 Å². The quantitative estimate of drug-likeness (QED) is 0.900. The Kier molecular flexibility index (Phi) is 4.63. The first-order chi connectivity index (χ1) is 9.97. The molecule has 3 nitrogen and oxygen atoms in total. The number of rotatable bonds is 5. The SMILES string of the molecule is CC(C)c1ccc([C@H](C)Oc2ccc(C(N)=O)cc2)cc1. The van der Waals surface area contributed by atoms with Gasteiger partial charge in [0.1, 0.15) is 11.9 Å². The molecule has 2 aromatic carbocycles. The Morgan fingerprint density at radius 3 is 1.90 bits per heavy atom. The third-order valence-corrected chi connectivity index (χ3v) is 3.52. The average molecular weight is 283 g/mol. The first kappa shape index (κ1) is 15.1. The molecule has 1 amide bonds. The molecule has 0 aliphatic rings. The van der Waals surface area contributed by atoms with Crippen molar-refractivity contribution in [3.8, 4) is 5.75 Å². The topological polar surface area (TPSA) is 52.3 Å². The molecule has 0 saturated heterocycles. The molecule has 2 aromatic rings. The lowest BCUT2D eigenvalue weighted by molar-refractivity contribution is 0.1000. The highest BCUT2D eigenvalue weighted by atomic mass is 16.5. The van der Waals surface area contributed by atoms with Crippen molar-refractivity contribution in [2.45, 2.75) is 32.8 Å². The van der Waals surface area contributed by atoms with E-state index >= 15 is 0 Å². The van der Waals surface area contributed by atoms with Crippen LogP contribution in [0.4, 0.5) is 0 Å². The van der Waals surface area contributed by atoms with Gasteiger partial charge in [0.15, 0.2) is 0 Å². The van der Waals surface area contributed by atoms with E-state index in [0.717, 1.165) is 11.3 Å². The van der Waals surface area contributed by atoms with Crippen molar-refractivity contribution < 1.29 is 9.53 Å². The van der Waals surface area contributed by atoms with Crippen LogP contribution in [0.2, 0.25) is 0 Å². The van der Waals surface area contributed by atoms with Crippen LogP contribution in [-0.4, -0.2) is 5.91 Å². The Balaban J connectivity index is 2.06. The maximum Gasteiger partial charge on any atom is 0.248 e. The van der Waals surface area contributed by atoms with Gasteiger partial charge in [-0.05, 0) is 48.2 Å². The molecule has 0 radical (unpaired) electrons. The molecule has 0 fully saturated rings. The second-order valence-corrected chi connectivity index (χ2v) is 5.47. The number of hydrogen-bond donors (Lipinski definition) is 1. The Hall–Kier alpha value is -2.29. The Bertz CT molecular complexity index is 600. The Morgan fingerprint density at radius 2 is 1.43 bits per heavy atom. The molecular weight excluding hydrogens is 262 g/mol. The minimum atomic E-state index is -0.432. The monoisotopic (exact) mass is 283 g/mol. The fourth-order valence-electron chi connectivity index (χ4n) is 2.12. The smallest absolute Gasteiger partial charge is 0.248 e. The van der Waals surface area contributed by atoms with E-state index in [2.05, 4.69) is 38.1 Å². The van der Waals surface area contributed by atoms with Crippen molar-refractivity contribution in [2.75, 3.05) is 0 Å². The molecule has 0 aliphatic heterocycles. The zero-order chi connectivity index (χ0) is 15.4. The van der Waals surface area contributed by atoms with E-state index in [1.54, 1.807) is 24.3 Å². The van der Waals surface area contributed by atoms with Gasteiger partial charge in [0.25, 0.3) is 0 Å². The van der Waals surface area contributed by atoms with E-state index in [4.69, 9.17) is 10.5 Å². The summed E-state index contributed by atoms with van der Waals surface area (Å²) in [6, 6.07) is 15.3. The molecule has 0 spiro atoms. The molecule has 21 heavy (non-hydrogen) atoms. The summed E-state index contributed by atoms with van der Waals surface area (Å²) in [7, 11) is 0. The maximum atomic E-state index is 11.0. The minimum Gasteiger partial charge on any atom is -0.486 e. The second-order valence-electron chi connectivity index (χ2n) is 5.47. The predicted octanol–water partition coefficient (Wildman–Crippen LogP) is 4.05. The lowest BCUT2D eigenvalue weighted by Crippen LogP contribution is -2.10. The molecule has 1 atom stereocenters. The molecule has 3 heteroatoms. The number of nitrogens with two attached hydrogens (primary N) is 1. The lowest BCUT2D eigenvalue weighted by atomic mass is 10.0. The number of benzene rings is 2. The first-order valence-electron chi connectivity index (χ1n) is 7.13. The van der Waals surface area contributed by atoms with Gasteiger partial charge in [0, 0.05) is 5.56 Å². The highest BCUT2D eigenvalue weighted by molar-refractivity contribution is 5.92. The summed E-state index contributed by atoms with van der Waals surface area (Å²) in [5.41, 5.74) is 8.14. The third-order valence-electron chi connectivity index (χ3n) is 3.52. The van der Waals surface area contributed by atoms with E-state index in [1.807, 2.05) is 6.92 Å². The molecule has 0 heterocycles. The molecule has 0 saturated carbocycles. The van der Waals surface area contributed by atoms with Crippen LogP contribution >= 0.6 is 0 Å². The van der Waals surface area contributed by atoms with Gasteiger partial charge in [-0.3, -0.25) is 4.79 Å². The third kappa shape index (κ3) is 3.85. The van der Waals surface area contributed by atoms with Gasteiger partial charge in [-0.15, -0.1) is 0 Å². The highest BCUT2D eigenvalue weighted by Gasteiger charge is 2.09. The van der Waals surface area contributed by atoms with Crippen molar-refractivity contribution in [1.29, 1.82) is 0 Å². The van der Waals surface area contributed by atoms with Gasteiger partial charge in [-0.1, -0.05) is 38.1 Å². The first-order valence-corrected chi connectivity index (χ1v) is 7.13. The van der Waals surface area contributed by atoms with E-state index in [9.17, 15) is 4.79 Å². The number of ether oxygens (including phenoxy) is 1. The molecule has 2 N–H and O–H groups in total. The summed E-state index contributed by atoms with van der Waals surface area (Å²) in [4.78, 5) is 11.0. The van der Waals surface area contributed by atoms with Crippen LogP contribution < -0.4 is 10.5 Å². The largest absolute Gasteiger partial charge is 0.486 e. The zero-order valence-electron chi connectivity index (χ0n) is 12.7. The molecular formula is C18H21NO2. The van der Waals surface area contributed by atoms with Crippen molar-refractivity contribution in [2.24, 2.45) is 5.73 Å². The number of amides is 1. The summed E-state index contributed by atoms with van der Waals surface area (Å²) < 4.78 is 5.88. The molecule has 0 bridgehead atoms. The lowest BCUT2D eigenvalue weighted by Gasteiger charge is -2.16. The zero-order valence-corrected chi connectivity index (χ0v) is 12.7. The minimum absolute atomic E-state index is 0.0503. The summed E-state index contributed by atoms with van der Waals surface area (Å²) in [5.74, 6) is 0.816. The maximum absolute atomic E-state index is 11.0. The van der Waals surface area contributed by atoms with Crippen molar-refractivity contribution in [3.05, 3.63) is 65.2 Å². The van der Waals surface area contributed by atoms with E-state index in [1.165, 1.54) is 5.56 Å². The van der Waals surface area contributed by atoms with Crippen LogP contribution in [-0.2, 0) is 0 Å². The number of hydrogen-bond acceptors (Lipinski definition) is 2. The Labute approximate surface area is 125 Å². The van der Waals surface area contributed by atoms with Crippen LogP contribution in [0.3, 0.4) is 0 Å². The van der Waals surface area contributed by atoms with Crippen molar-refractivity contribution in [3.63, 3.8) is 0 Å². The molecule has 0 unspecified atom stereocenters. The van der Waals surface area contributed by atoms with Crippen LogP contribution in [0.15, 0.2) is 48.5 Å². The predicted molar refractivity (Wildman–Crippen MR) is 84.5 cm³/mol. The molecule has 110 valence electrons. The summed E-state index contributed by atoms with van der Waals surface area (Å²) in [6.45, 7) is 6.36. The summed E-state index contributed by atoms with van der Waals surface area (Å²) >= 11 is 0. The Morgan fingerprint density at radius 1 is 0.905 bits per heavy atom. The van der Waals surface area contributed by atoms with Gasteiger partial charge in [0.05, 0.1) is 0 Å². The van der Waals surface area contributed by atoms with Crippen LogP contribution in [0.25, 0.3) is 0 Å². The number of carbonyl (C=O) groups is 1. The van der Waals surface area contributed by atoms with Crippen molar-refractivity contribution in [1.82, 2.24) is 0 Å². The van der Waals surface area contributed by atoms with Gasteiger partial charge >= 0.3 is 0 Å². The van der Waals surface area contributed by atoms with Gasteiger partial charge < -0.3 is 10.5 Å². The van der Waals surface area contributed by atoms with Gasteiger partial charge in [-0.25, -0.2) is 0 Å². The second kappa shape index (κ2) is 6.44. The van der Waals surface area contributed by atoms with Crippen LogP contribution in [0.1, 0.15) is 54.3 Å². The molecule has 2 rings (SSSR count). The standard InChI is InChI=1S/C18H21NO2/c1-12(2)14-4-6-15(7-5-14)13(3)21-17-10-8-16(9-11-17)18(19)20/h4-13H,1-3H3,(H2,19,20)/t13-/m0/s1. The average Bonchev–Trinajstić information content (AvgIpc) is 2.47. The van der Waals surface area contributed by atoms with Crippen molar-refractivity contribution >= 4 is 5.91 Å². The summed E-state index contributed by atoms with van der Waals surface area (Å²) in [5, 5.41) is 0. The highest BCUT2D eigenvalue weighted by Crippen LogP contribution is 2.23. The number of carbonyl (C=O) groups excluding carboxylic acids is 1. The van der Waals surface area contributed by atoms with Crippen LogP contribution in [0, 0.1) is 0 Å². The normalized spacial score (nSPS) is 12.2.